The van der Waals surface area contributed by atoms with E-state index in [1.807, 2.05) is 12.1 Å². The lowest BCUT2D eigenvalue weighted by atomic mass is 9.85. The van der Waals surface area contributed by atoms with Gasteiger partial charge in [-0.3, -0.25) is 9.69 Å². The summed E-state index contributed by atoms with van der Waals surface area (Å²) in [5.41, 5.74) is 2.25. The van der Waals surface area contributed by atoms with Gasteiger partial charge in [-0.25, -0.2) is 0 Å². The first-order valence-electron chi connectivity index (χ1n) is 7.43. The molecule has 1 aromatic rings. The van der Waals surface area contributed by atoms with Crippen molar-refractivity contribution in [1.29, 1.82) is 0 Å². The summed E-state index contributed by atoms with van der Waals surface area (Å²) in [6.45, 7) is 3.42. The van der Waals surface area contributed by atoms with Gasteiger partial charge in [0.25, 0.3) is 0 Å². The SMILES string of the molecule is O=C(Nc1cccc(CN2CCCC2)c1)C1CCC1. The number of benzene rings is 1. The molecule has 1 aromatic carbocycles. The molecule has 2 fully saturated rings. The summed E-state index contributed by atoms with van der Waals surface area (Å²) in [6.07, 6.45) is 5.95. The van der Waals surface area contributed by atoms with E-state index in [4.69, 9.17) is 0 Å². The molecule has 19 heavy (non-hydrogen) atoms. The van der Waals surface area contributed by atoms with Crippen LogP contribution >= 0.6 is 0 Å². The summed E-state index contributed by atoms with van der Waals surface area (Å²) in [7, 11) is 0. The first kappa shape index (κ1) is 12.7. The van der Waals surface area contributed by atoms with Crippen molar-refractivity contribution < 1.29 is 4.79 Å². The Morgan fingerprint density at radius 1 is 1.21 bits per heavy atom. The van der Waals surface area contributed by atoms with Crippen molar-refractivity contribution >= 4 is 11.6 Å². The van der Waals surface area contributed by atoms with Crippen LogP contribution in [0.4, 0.5) is 5.69 Å². The van der Waals surface area contributed by atoms with E-state index in [-0.39, 0.29) is 11.8 Å². The molecule has 102 valence electrons. The summed E-state index contributed by atoms with van der Waals surface area (Å²) in [5, 5.41) is 3.05. The number of rotatable bonds is 4. The van der Waals surface area contributed by atoms with Crippen LogP contribution in [0.15, 0.2) is 24.3 Å². The Labute approximate surface area is 115 Å². The molecule has 0 spiro atoms. The van der Waals surface area contributed by atoms with E-state index < -0.39 is 0 Å². The Kier molecular flexibility index (Phi) is 3.83. The lowest BCUT2D eigenvalue weighted by molar-refractivity contribution is -0.122. The van der Waals surface area contributed by atoms with Crippen LogP contribution in [0.1, 0.15) is 37.7 Å². The lowest BCUT2D eigenvalue weighted by Crippen LogP contribution is -2.28. The Hall–Kier alpha value is -1.35. The zero-order valence-electron chi connectivity index (χ0n) is 11.4. The molecule has 1 N–H and O–H groups in total. The lowest BCUT2D eigenvalue weighted by Gasteiger charge is -2.24. The average Bonchev–Trinajstić information content (AvgIpc) is 2.79. The van der Waals surface area contributed by atoms with Crippen LogP contribution in [0, 0.1) is 5.92 Å². The second-order valence-corrected chi connectivity index (χ2v) is 5.80. The van der Waals surface area contributed by atoms with Crippen LogP contribution in [-0.2, 0) is 11.3 Å². The van der Waals surface area contributed by atoms with Crippen molar-refractivity contribution in [3.8, 4) is 0 Å². The number of carbonyl (C=O) groups is 1. The molecule has 1 amide bonds. The van der Waals surface area contributed by atoms with Crippen LogP contribution in [0.2, 0.25) is 0 Å². The van der Waals surface area contributed by atoms with Crippen LogP contribution in [0.5, 0.6) is 0 Å². The number of nitrogens with zero attached hydrogens (tertiary/aromatic N) is 1. The molecule has 2 aliphatic rings. The van der Waals surface area contributed by atoms with Crippen LogP contribution in [0.3, 0.4) is 0 Å². The van der Waals surface area contributed by atoms with Gasteiger partial charge in [0.05, 0.1) is 0 Å². The molecule has 0 unspecified atom stereocenters. The van der Waals surface area contributed by atoms with Crippen molar-refractivity contribution in [1.82, 2.24) is 4.90 Å². The Bertz CT molecular complexity index is 448. The molecule has 3 rings (SSSR count). The largest absolute Gasteiger partial charge is 0.326 e. The van der Waals surface area contributed by atoms with E-state index in [2.05, 4.69) is 22.3 Å². The minimum atomic E-state index is 0.199. The highest BCUT2D eigenvalue weighted by Crippen LogP contribution is 2.27. The van der Waals surface area contributed by atoms with E-state index in [9.17, 15) is 4.79 Å². The minimum absolute atomic E-state index is 0.199. The summed E-state index contributed by atoms with van der Waals surface area (Å²) < 4.78 is 0. The van der Waals surface area contributed by atoms with Crippen LogP contribution in [0.25, 0.3) is 0 Å². The highest BCUT2D eigenvalue weighted by Gasteiger charge is 2.25. The average molecular weight is 258 g/mol. The summed E-state index contributed by atoms with van der Waals surface area (Å²) >= 11 is 0. The van der Waals surface area contributed by atoms with E-state index in [0.29, 0.717) is 0 Å². The molecule has 0 aromatic heterocycles. The molecular formula is C16H22N2O. The predicted molar refractivity (Wildman–Crippen MR) is 76.9 cm³/mol. The standard InChI is InChI=1S/C16H22N2O/c19-16(14-6-4-7-14)17-15-8-3-5-13(11-15)12-18-9-1-2-10-18/h3,5,8,11,14H,1-2,4,6-7,9-10,12H2,(H,17,19). The summed E-state index contributed by atoms with van der Waals surface area (Å²) in [6, 6.07) is 8.30. The fourth-order valence-electron chi connectivity index (χ4n) is 2.86. The highest BCUT2D eigenvalue weighted by molar-refractivity contribution is 5.93. The highest BCUT2D eigenvalue weighted by atomic mass is 16.1. The Morgan fingerprint density at radius 2 is 2.00 bits per heavy atom. The third-order valence-corrected chi connectivity index (χ3v) is 4.28. The van der Waals surface area contributed by atoms with Gasteiger partial charge in [-0.1, -0.05) is 18.6 Å². The molecule has 3 nitrogen and oxygen atoms in total. The van der Waals surface area contributed by atoms with Crippen LogP contribution < -0.4 is 5.32 Å². The van der Waals surface area contributed by atoms with E-state index in [1.54, 1.807) is 0 Å². The molecule has 1 saturated carbocycles. The predicted octanol–water partition coefficient (Wildman–Crippen LogP) is 3.02. The molecule has 0 radical (unpaired) electrons. The van der Waals surface area contributed by atoms with Gasteiger partial charge >= 0.3 is 0 Å². The molecule has 0 bridgehead atoms. The third-order valence-electron chi connectivity index (χ3n) is 4.28. The third kappa shape index (κ3) is 3.16. The van der Waals surface area contributed by atoms with Gasteiger partial charge in [0.1, 0.15) is 0 Å². The maximum atomic E-state index is 11.9. The zero-order valence-corrected chi connectivity index (χ0v) is 11.4. The van der Waals surface area contributed by atoms with Gasteiger partial charge in [-0.2, -0.15) is 0 Å². The van der Waals surface area contributed by atoms with Crippen molar-refractivity contribution in [2.45, 2.75) is 38.6 Å². The molecular weight excluding hydrogens is 236 g/mol. The summed E-state index contributed by atoms with van der Waals surface area (Å²) in [4.78, 5) is 14.4. The first-order valence-corrected chi connectivity index (χ1v) is 7.43. The quantitative estimate of drug-likeness (QED) is 0.900. The number of carbonyl (C=O) groups excluding carboxylic acids is 1. The van der Waals surface area contributed by atoms with Gasteiger partial charge < -0.3 is 5.32 Å². The smallest absolute Gasteiger partial charge is 0.227 e. The van der Waals surface area contributed by atoms with Gasteiger partial charge in [0, 0.05) is 18.2 Å². The number of amides is 1. The van der Waals surface area contributed by atoms with E-state index in [0.717, 1.165) is 25.1 Å². The Balaban J connectivity index is 1.60. The molecule has 1 aliphatic heterocycles. The molecule has 1 saturated heterocycles. The van der Waals surface area contributed by atoms with Crippen LogP contribution in [-0.4, -0.2) is 23.9 Å². The van der Waals surface area contributed by atoms with Gasteiger partial charge in [0.2, 0.25) is 5.91 Å². The minimum Gasteiger partial charge on any atom is -0.326 e. The zero-order chi connectivity index (χ0) is 13.1. The van der Waals surface area contributed by atoms with Crippen molar-refractivity contribution in [3.63, 3.8) is 0 Å². The Morgan fingerprint density at radius 3 is 2.68 bits per heavy atom. The van der Waals surface area contributed by atoms with Crippen molar-refractivity contribution in [2.75, 3.05) is 18.4 Å². The number of nitrogens with one attached hydrogen (secondary N) is 1. The topological polar surface area (TPSA) is 32.3 Å². The number of hydrogen-bond acceptors (Lipinski definition) is 2. The fraction of sp³-hybridized carbons (Fsp3) is 0.562. The second-order valence-electron chi connectivity index (χ2n) is 5.80. The molecule has 3 heteroatoms. The van der Waals surface area contributed by atoms with E-state index >= 15 is 0 Å². The summed E-state index contributed by atoms with van der Waals surface area (Å²) in [5.74, 6) is 0.451. The van der Waals surface area contributed by atoms with E-state index in [1.165, 1.54) is 37.9 Å². The number of likely N-dealkylation sites (tertiary alicyclic amines) is 1. The fourth-order valence-corrected chi connectivity index (χ4v) is 2.86. The van der Waals surface area contributed by atoms with Gasteiger partial charge in [-0.05, 0) is 56.5 Å². The molecule has 0 atom stereocenters. The van der Waals surface area contributed by atoms with Gasteiger partial charge in [-0.15, -0.1) is 0 Å². The normalized spacial score (nSPS) is 20.2. The molecule has 1 heterocycles. The number of anilines is 1. The number of hydrogen-bond donors (Lipinski definition) is 1. The van der Waals surface area contributed by atoms with Crippen molar-refractivity contribution in [3.05, 3.63) is 29.8 Å². The monoisotopic (exact) mass is 258 g/mol. The maximum absolute atomic E-state index is 11.9. The van der Waals surface area contributed by atoms with Gasteiger partial charge in [0.15, 0.2) is 0 Å². The maximum Gasteiger partial charge on any atom is 0.227 e. The van der Waals surface area contributed by atoms with Crippen molar-refractivity contribution in [2.24, 2.45) is 5.92 Å². The first-order chi connectivity index (χ1) is 9.31. The molecule has 1 aliphatic carbocycles. The second kappa shape index (κ2) is 5.74.